The topological polar surface area (TPSA) is 54.1 Å². The maximum Gasteiger partial charge on any atom is 0.252 e. The molecule has 1 heterocycles. The van der Waals surface area contributed by atoms with Crippen LogP contribution >= 0.6 is 0 Å². The first-order chi connectivity index (χ1) is 11.6. The van der Waals surface area contributed by atoms with E-state index in [9.17, 15) is 4.79 Å². The monoisotopic (exact) mass is 322 g/mol. The second-order valence-electron chi connectivity index (χ2n) is 6.10. The average molecular weight is 322 g/mol. The van der Waals surface area contributed by atoms with Gasteiger partial charge >= 0.3 is 0 Å². The molecule has 0 aliphatic rings. The van der Waals surface area contributed by atoms with E-state index in [0.29, 0.717) is 13.1 Å². The van der Waals surface area contributed by atoms with Crippen LogP contribution in [0.3, 0.4) is 0 Å². The van der Waals surface area contributed by atoms with Gasteiger partial charge in [0.15, 0.2) is 0 Å². The van der Waals surface area contributed by atoms with Gasteiger partial charge in [-0.3, -0.25) is 4.79 Å². The van der Waals surface area contributed by atoms with Gasteiger partial charge in [0.2, 0.25) is 0 Å². The molecular formula is C20H22N2O2. The summed E-state index contributed by atoms with van der Waals surface area (Å²) < 4.78 is 5.15. The van der Waals surface area contributed by atoms with Crippen molar-refractivity contribution in [3.05, 3.63) is 75.1 Å². The minimum absolute atomic E-state index is 0.0343. The van der Waals surface area contributed by atoms with Gasteiger partial charge in [0.05, 0.1) is 7.11 Å². The van der Waals surface area contributed by atoms with Crippen LogP contribution in [-0.4, -0.2) is 12.1 Å². The number of methoxy groups -OCH3 is 1. The lowest BCUT2D eigenvalue weighted by Crippen LogP contribution is -2.20. The number of aromatic nitrogens is 1. The molecule has 4 heteroatoms. The number of hydrogen-bond donors (Lipinski definition) is 2. The van der Waals surface area contributed by atoms with Crippen molar-refractivity contribution in [1.82, 2.24) is 10.3 Å². The Balaban J connectivity index is 1.73. The third-order valence-electron chi connectivity index (χ3n) is 4.34. The molecule has 0 saturated carbocycles. The Hall–Kier alpha value is -2.59. The summed E-state index contributed by atoms with van der Waals surface area (Å²) in [4.78, 5) is 15.2. The van der Waals surface area contributed by atoms with E-state index in [-0.39, 0.29) is 5.56 Å². The Morgan fingerprint density at radius 2 is 1.71 bits per heavy atom. The van der Waals surface area contributed by atoms with Crippen LogP contribution < -0.4 is 15.6 Å². The standard InChI is InChI=1S/C20H22N2O2/c1-13-8-16-10-17(20(23)22-19(16)9-14(13)2)12-21-11-15-4-6-18(24-3)7-5-15/h4-10,21H,11-12H2,1-3H3,(H,22,23). The van der Waals surface area contributed by atoms with Crippen molar-refractivity contribution >= 4 is 10.9 Å². The average Bonchev–Trinajstić information content (AvgIpc) is 2.58. The molecule has 1 aromatic heterocycles. The number of nitrogens with one attached hydrogen (secondary N) is 2. The van der Waals surface area contributed by atoms with E-state index in [4.69, 9.17) is 4.74 Å². The Morgan fingerprint density at radius 3 is 2.42 bits per heavy atom. The molecule has 2 aromatic carbocycles. The van der Waals surface area contributed by atoms with Gasteiger partial charge in [0.25, 0.3) is 5.56 Å². The molecule has 0 aliphatic heterocycles. The second kappa shape index (κ2) is 6.89. The fourth-order valence-corrected chi connectivity index (χ4v) is 2.74. The molecule has 4 nitrogen and oxygen atoms in total. The van der Waals surface area contributed by atoms with Gasteiger partial charge < -0.3 is 15.0 Å². The molecule has 0 bridgehead atoms. The van der Waals surface area contributed by atoms with Crippen LogP contribution in [0.5, 0.6) is 5.75 Å². The van der Waals surface area contributed by atoms with Gasteiger partial charge in [-0.15, -0.1) is 0 Å². The van der Waals surface area contributed by atoms with Gasteiger partial charge in [0.1, 0.15) is 5.75 Å². The molecule has 124 valence electrons. The van der Waals surface area contributed by atoms with Crippen molar-refractivity contribution in [2.24, 2.45) is 0 Å². The highest BCUT2D eigenvalue weighted by Crippen LogP contribution is 2.17. The number of hydrogen-bond acceptors (Lipinski definition) is 3. The summed E-state index contributed by atoms with van der Waals surface area (Å²) in [5.74, 6) is 0.843. The molecule has 2 N–H and O–H groups in total. The van der Waals surface area contributed by atoms with Gasteiger partial charge in [-0.1, -0.05) is 12.1 Å². The number of aryl methyl sites for hydroxylation is 2. The van der Waals surface area contributed by atoms with Gasteiger partial charge in [-0.25, -0.2) is 0 Å². The number of rotatable bonds is 5. The van der Waals surface area contributed by atoms with Crippen molar-refractivity contribution in [2.75, 3.05) is 7.11 Å². The van der Waals surface area contributed by atoms with Crippen molar-refractivity contribution < 1.29 is 4.74 Å². The van der Waals surface area contributed by atoms with E-state index in [1.54, 1.807) is 7.11 Å². The zero-order valence-electron chi connectivity index (χ0n) is 14.3. The van der Waals surface area contributed by atoms with E-state index in [0.717, 1.165) is 27.8 Å². The zero-order chi connectivity index (χ0) is 17.1. The molecule has 3 rings (SSSR count). The summed E-state index contributed by atoms with van der Waals surface area (Å²) in [5, 5.41) is 4.39. The predicted molar refractivity (Wildman–Crippen MR) is 97.6 cm³/mol. The number of benzene rings is 2. The molecule has 24 heavy (non-hydrogen) atoms. The van der Waals surface area contributed by atoms with Crippen molar-refractivity contribution in [3.8, 4) is 5.75 Å². The fraction of sp³-hybridized carbons (Fsp3) is 0.250. The second-order valence-corrected chi connectivity index (χ2v) is 6.10. The lowest BCUT2D eigenvalue weighted by Gasteiger charge is -2.08. The molecular weight excluding hydrogens is 300 g/mol. The Kier molecular flexibility index (Phi) is 4.67. The van der Waals surface area contributed by atoms with Crippen LogP contribution in [0, 0.1) is 13.8 Å². The van der Waals surface area contributed by atoms with E-state index in [2.05, 4.69) is 30.2 Å². The largest absolute Gasteiger partial charge is 0.497 e. The quantitative estimate of drug-likeness (QED) is 0.756. The Bertz CT molecular complexity index is 911. The highest BCUT2D eigenvalue weighted by atomic mass is 16.5. The van der Waals surface area contributed by atoms with Gasteiger partial charge in [-0.05, 0) is 66.3 Å². The summed E-state index contributed by atoms with van der Waals surface area (Å²) in [6.45, 7) is 5.37. The number of aromatic amines is 1. The fourth-order valence-electron chi connectivity index (χ4n) is 2.74. The smallest absolute Gasteiger partial charge is 0.252 e. The van der Waals surface area contributed by atoms with E-state index < -0.39 is 0 Å². The van der Waals surface area contributed by atoms with Crippen molar-refractivity contribution in [3.63, 3.8) is 0 Å². The number of H-pyrrole nitrogens is 1. The molecule has 0 fully saturated rings. The third kappa shape index (κ3) is 3.49. The van der Waals surface area contributed by atoms with Crippen LogP contribution in [0.25, 0.3) is 10.9 Å². The zero-order valence-corrected chi connectivity index (χ0v) is 14.3. The minimum atomic E-state index is -0.0343. The number of ether oxygens (including phenoxy) is 1. The first-order valence-electron chi connectivity index (χ1n) is 8.03. The highest BCUT2D eigenvalue weighted by Gasteiger charge is 2.05. The SMILES string of the molecule is COc1ccc(CNCc2cc3cc(C)c(C)cc3[nH]c2=O)cc1. The van der Waals surface area contributed by atoms with Crippen LogP contribution in [-0.2, 0) is 13.1 Å². The highest BCUT2D eigenvalue weighted by molar-refractivity contribution is 5.80. The normalized spacial score (nSPS) is 11.0. The minimum Gasteiger partial charge on any atom is -0.497 e. The number of pyridine rings is 1. The van der Waals surface area contributed by atoms with Crippen LogP contribution in [0.4, 0.5) is 0 Å². The van der Waals surface area contributed by atoms with Crippen LogP contribution in [0.15, 0.2) is 47.3 Å². The maximum atomic E-state index is 12.2. The first kappa shape index (κ1) is 16.3. The molecule has 0 saturated heterocycles. The summed E-state index contributed by atoms with van der Waals surface area (Å²) in [7, 11) is 1.66. The number of fused-ring (bicyclic) bond motifs is 1. The van der Waals surface area contributed by atoms with E-state index in [1.807, 2.05) is 36.4 Å². The maximum absolute atomic E-state index is 12.2. The van der Waals surface area contributed by atoms with Crippen LogP contribution in [0.2, 0.25) is 0 Å². The van der Waals surface area contributed by atoms with Gasteiger partial charge in [-0.2, -0.15) is 0 Å². The molecule has 0 aliphatic carbocycles. The molecule has 0 radical (unpaired) electrons. The van der Waals surface area contributed by atoms with E-state index >= 15 is 0 Å². The molecule has 0 spiro atoms. The summed E-state index contributed by atoms with van der Waals surface area (Å²) >= 11 is 0. The lowest BCUT2D eigenvalue weighted by molar-refractivity contribution is 0.414. The third-order valence-corrected chi connectivity index (χ3v) is 4.34. The molecule has 0 amide bonds. The lowest BCUT2D eigenvalue weighted by atomic mass is 10.0. The van der Waals surface area contributed by atoms with Crippen molar-refractivity contribution in [2.45, 2.75) is 26.9 Å². The molecule has 0 atom stereocenters. The van der Waals surface area contributed by atoms with E-state index in [1.165, 1.54) is 11.1 Å². The first-order valence-corrected chi connectivity index (χ1v) is 8.03. The van der Waals surface area contributed by atoms with Gasteiger partial charge in [0, 0.05) is 24.2 Å². The van der Waals surface area contributed by atoms with Crippen LogP contribution in [0.1, 0.15) is 22.3 Å². The van der Waals surface area contributed by atoms with Crippen molar-refractivity contribution in [1.29, 1.82) is 0 Å². The summed E-state index contributed by atoms with van der Waals surface area (Å²) in [6.07, 6.45) is 0. The molecule has 0 unspecified atom stereocenters. The summed E-state index contributed by atoms with van der Waals surface area (Å²) in [6, 6.07) is 14.0. The predicted octanol–water partition coefficient (Wildman–Crippen LogP) is 3.44. The molecule has 3 aromatic rings. The Labute approximate surface area is 141 Å². The Morgan fingerprint density at radius 1 is 1.00 bits per heavy atom. The summed E-state index contributed by atoms with van der Waals surface area (Å²) in [5.41, 5.74) is 5.17.